The topological polar surface area (TPSA) is 127 Å². The van der Waals surface area contributed by atoms with E-state index >= 15 is 0 Å². The number of hydrogen-bond acceptors (Lipinski definition) is 7. The molecule has 2 atom stereocenters. The molecule has 3 N–H and O–H groups in total. The van der Waals surface area contributed by atoms with Crippen LogP contribution in [0.4, 0.5) is 14.5 Å². The van der Waals surface area contributed by atoms with E-state index in [1.165, 1.54) is 38.2 Å². The van der Waals surface area contributed by atoms with Crippen molar-refractivity contribution in [3.63, 3.8) is 0 Å². The van der Waals surface area contributed by atoms with Crippen LogP contribution in [0, 0.1) is 11.6 Å². The van der Waals surface area contributed by atoms with Crippen molar-refractivity contribution in [2.24, 2.45) is 10.7 Å². The normalized spacial score (nSPS) is 23.7. The molecule has 4 rings (SSSR count). The number of sulfone groups is 1. The molecule has 8 nitrogen and oxygen atoms in total. The predicted molar refractivity (Wildman–Crippen MR) is 123 cm³/mol. The van der Waals surface area contributed by atoms with Crippen LogP contribution in [0.1, 0.15) is 35.6 Å². The maximum Gasteiger partial charge on any atom is 0.274 e. The monoisotopic (exact) mass is 485 g/mol. The highest BCUT2D eigenvalue weighted by molar-refractivity contribution is 7.93. The summed E-state index contributed by atoms with van der Waals surface area (Å²) in [6.07, 6.45) is 2.36. The minimum Gasteiger partial charge on any atom is -0.386 e. The van der Waals surface area contributed by atoms with Crippen LogP contribution in [0.25, 0.3) is 0 Å². The van der Waals surface area contributed by atoms with E-state index in [9.17, 15) is 22.0 Å². The molecule has 0 unspecified atom stereocenters. The second kappa shape index (κ2) is 8.24. The molecule has 2 aromatic heterocycles. The maximum absolute atomic E-state index is 14.9. The van der Waals surface area contributed by atoms with Crippen LogP contribution >= 0.6 is 0 Å². The second-order valence-electron chi connectivity index (χ2n) is 8.29. The number of amidine groups is 1. The zero-order chi connectivity index (χ0) is 24.7. The first-order valence-corrected chi connectivity index (χ1v) is 11.8. The van der Waals surface area contributed by atoms with Crippen LogP contribution < -0.4 is 11.1 Å². The van der Waals surface area contributed by atoms with Gasteiger partial charge in [0.1, 0.15) is 28.7 Å². The zero-order valence-corrected chi connectivity index (χ0v) is 19.1. The molecule has 11 heteroatoms. The van der Waals surface area contributed by atoms with Crippen molar-refractivity contribution < 1.29 is 22.0 Å². The lowest BCUT2D eigenvalue weighted by Crippen LogP contribution is -2.55. The van der Waals surface area contributed by atoms with E-state index in [1.807, 2.05) is 0 Å². The fourth-order valence-corrected chi connectivity index (χ4v) is 5.93. The molecular formula is C23H21F2N5O3S. The van der Waals surface area contributed by atoms with Crippen LogP contribution in [-0.2, 0) is 20.1 Å². The Morgan fingerprint density at radius 1 is 1.09 bits per heavy atom. The van der Waals surface area contributed by atoms with Gasteiger partial charge in [0.2, 0.25) is 0 Å². The second-order valence-corrected chi connectivity index (χ2v) is 10.6. The Morgan fingerprint density at radius 3 is 2.47 bits per heavy atom. The number of nitrogens with two attached hydrogens (primary N) is 1. The van der Waals surface area contributed by atoms with Crippen LogP contribution in [0.15, 0.2) is 65.9 Å². The van der Waals surface area contributed by atoms with E-state index < -0.39 is 43.4 Å². The molecule has 1 amide bonds. The van der Waals surface area contributed by atoms with Gasteiger partial charge in [0.25, 0.3) is 5.91 Å². The number of benzene rings is 1. The summed E-state index contributed by atoms with van der Waals surface area (Å²) in [4.78, 5) is 24.7. The van der Waals surface area contributed by atoms with E-state index in [1.54, 1.807) is 18.2 Å². The fourth-order valence-electron chi connectivity index (χ4n) is 3.87. The highest BCUT2D eigenvalue weighted by Crippen LogP contribution is 2.42. The average Bonchev–Trinajstić information content (AvgIpc) is 2.79. The predicted octanol–water partition coefficient (Wildman–Crippen LogP) is 2.92. The van der Waals surface area contributed by atoms with Crippen molar-refractivity contribution in [1.29, 1.82) is 0 Å². The van der Waals surface area contributed by atoms with Gasteiger partial charge in [0.05, 0.1) is 17.6 Å². The highest BCUT2D eigenvalue weighted by Gasteiger charge is 2.54. The van der Waals surface area contributed by atoms with Gasteiger partial charge in [-0.25, -0.2) is 22.2 Å². The minimum atomic E-state index is -4.00. The van der Waals surface area contributed by atoms with E-state index in [2.05, 4.69) is 20.3 Å². The molecule has 3 heterocycles. The molecular weight excluding hydrogens is 464 g/mol. The molecule has 0 saturated carbocycles. The standard InChI is InChI=1S/C23H21F2N5O3S/c1-22(13-34(32,33)23(2,21(26)30-22)19-5-3-4-10-27-19)16-11-15(7-8-17(16)25)29-20(31)18-9-6-14(24)12-28-18/h3-12H,13H2,1-2H3,(H2,26,30)(H,29,31)/t22-,23+/m0/s1. The number of nitrogens with zero attached hydrogens (tertiary/aromatic N) is 3. The largest absolute Gasteiger partial charge is 0.386 e. The lowest BCUT2D eigenvalue weighted by Gasteiger charge is -2.39. The smallest absolute Gasteiger partial charge is 0.274 e. The van der Waals surface area contributed by atoms with Gasteiger partial charge >= 0.3 is 0 Å². The van der Waals surface area contributed by atoms with Gasteiger partial charge in [-0.15, -0.1) is 0 Å². The number of nitrogens with one attached hydrogen (secondary N) is 1. The molecule has 3 aromatic rings. The summed E-state index contributed by atoms with van der Waals surface area (Å²) >= 11 is 0. The number of anilines is 1. The Morgan fingerprint density at radius 2 is 1.85 bits per heavy atom. The third-order valence-electron chi connectivity index (χ3n) is 5.87. The molecule has 0 aliphatic carbocycles. The Hall–Kier alpha value is -3.73. The molecule has 0 fully saturated rings. The highest BCUT2D eigenvalue weighted by atomic mass is 32.2. The first kappa shape index (κ1) is 23.4. The van der Waals surface area contributed by atoms with Crippen molar-refractivity contribution in [1.82, 2.24) is 9.97 Å². The van der Waals surface area contributed by atoms with E-state index in [4.69, 9.17) is 5.73 Å². The van der Waals surface area contributed by atoms with Gasteiger partial charge in [-0.1, -0.05) is 6.07 Å². The lowest BCUT2D eigenvalue weighted by molar-refractivity contribution is 0.102. The average molecular weight is 486 g/mol. The Kier molecular flexibility index (Phi) is 5.68. The van der Waals surface area contributed by atoms with Crippen molar-refractivity contribution in [3.8, 4) is 0 Å². The summed E-state index contributed by atoms with van der Waals surface area (Å²) in [6, 6.07) is 10.8. The molecule has 0 bridgehead atoms. The van der Waals surface area contributed by atoms with Gasteiger partial charge in [-0.3, -0.25) is 14.8 Å². The third kappa shape index (κ3) is 3.92. The summed E-state index contributed by atoms with van der Waals surface area (Å²) in [7, 11) is -4.00. The maximum atomic E-state index is 14.9. The summed E-state index contributed by atoms with van der Waals surface area (Å²) in [5.41, 5.74) is 4.91. The number of halogens is 2. The number of pyridine rings is 2. The fraction of sp³-hybridized carbons (Fsp3) is 0.217. The summed E-state index contributed by atoms with van der Waals surface area (Å²) in [6.45, 7) is 2.88. The first-order valence-electron chi connectivity index (χ1n) is 10.2. The lowest BCUT2D eigenvalue weighted by atomic mass is 9.92. The van der Waals surface area contributed by atoms with Gasteiger partial charge in [0, 0.05) is 17.4 Å². The van der Waals surface area contributed by atoms with Gasteiger partial charge in [0.15, 0.2) is 14.6 Å². The third-order valence-corrected chi connectivity index (χ3v) is 8.47. The van der Waals surface area contributed by atoms with E-state index in [-0.39, 0.29) is 28.5 Å². The number of aliphatic imine (C=N–C) groups is 1. The van der Waals surface area contributed by atoms with Crippen molar-refractivity contribution in [2.75, 3.05) is 11.1 Å². The Bertz CT molecular complexity index is 1400. The molecule has 1 aliphatic heterocycles. The number of aromatic nitrogens is 2. The molecule has 1 aliphatic rings. The Balaban J connectivity index is 1.73. The van der Waals surface area contributed by atoms with Gasteiger partial charge in [-0.05, 0) is 56.3 Å². The number of carbonyl (C=O) groups excluding carboxylic acids is 1. The minimum absolute atomic E-state index is 0.0490. The number of hydrogen-bond donors (Lipinski definition) is 2. The molecule has 0 saturated heterocycles. The van der Waals surface area contributed by atoms with Gasteiger partial charge in [-0.2, -0.15) is 0 Å². The van der Waals surface area contributed by atoms with E-state index in [0.717, 1.165) is 18.3 Å². The Labute approximate surface area is 194 Å². The van der Waals surface area contributed by atoms with Crippen LogP contribution in [0.2, 0.25) is 0 Å². The summed E-state index contributed by atoms with van der Waals surface area (Å²) in [5, 5.41) is 2.55. The van der Waals surface area contributed by atoms with Crippen molar-refractivity contribution in [3.05, 3.63) is 89.5 Å². The molecule has 0 radical (unpaired) electrons. The molecule has 1 aromatic carbocycles. The summed E-state index contributed by atoms with van der Waals surface area (Å²) < 4.78 is 53.2. The molecule has 34 heavy (non-hydrogen) atoms. The van der Waals surface area contributed by atoms with Crippen molar-refractivity contribution in [2.45, 2.75) is 24.1 Å². The molecule has 0 spiro atoms. The van der Waals surface area contributed by atoms with Crippen LogP contribution in [0.3, 0.4) is 0 Å². The van der Waals surface area contributed by atoms with Gasteiger partial charge < -0.3 is 11.1 Å². The number of rotatable bonds is 4. The number of carbonyl (C=O) groups is 1. The quantitative estimate of drug-likeness (QED) is 0.585. The SMILES string of the molecule is C[C@@]1(c2ccccn2)C(N)=N[C@](C)(c2cc(NC(=O)c3ccc(F)cn3)ccc2F)CS1(=O)=O. The first-order chi connectivity index (χ1) is 16.0. The molecule has 176 valence electrons. The van der Waals surface area contributed by atoms with Crippen LogP contribution in [0.5, 0.6) is 0 Å². The van der Waals surface area contributed by atoms with E-state index in [0.29, 0.717) is 0 Å². The zero-order valence-electron chi connectivity index (χ0n) is 18.3. The van der Waals surface area contributed by atoms with Crippen molar-refractivity contribution >= 4 is 27.3 Å². The summed E-state index contributed by atoms with van der Waals surface area (Å²) in [5.74, 6) is -2.72. The van der Waals surface area contributed by atoms with Crippen LogP contribution in [-0.4, -0.2) is 35.9 Å². The number of amides is 1.